The number of nitrogens with zero attached hydrogens (tertiary/aromatic N) is 2. The topological polar surface area (TPSA) is 62.6 Å². The van der Waals surface area contributed by atoms with Gasteiger partial charge >= 0.3 is 5.97 Å². The number of ether oxygens (including phenoxy) is 2. The number of allylic oxidation sites excluding steroid dienone is 2. The van der Waals surface area contributed by atoms with E-state index in [1.165, 1.54) is 6.92 Å². The molecule has 1 aromatic carbocycles. The largest absolute Gasteiger partial charge is 0.482 e. The van der Waals surface area contributed by atoms with E-state index >= 15 is 0 Å². The van der Waals surface area contributed by atoms with Gasteiger partial charge in [-0.1, -0.05) is 18.7 Å². The van der Waals surface area contributed by atoms with E-state index in [0.29, 0.717) is 17.1 Å². The van der Waals surface area contributed by atoms with Crippen molar-refractivity contribution < 1.29 is 14.3 Å². The van der Waals surface area contributed by atoms with E-state index in [1.807, 2.05) is 25.1 Å². The quantitative estimate of drug-likeness (QED) is 0.633. The van der Waals surface area contributed by atoms with Crippen LogP contribution in [0.15, 0.2) is 42.2 Å². The summed E-state index contributed by atoms with van der Waals surface area (Å²) in [5, 5.41) is 9.31. The fourth-order valence-corrected chi connectivity index (χ4v) is 2.24. The number of rotatable bonds is 3. The summed E-state index contributed by atoms with van der Waals surface area (Å²) >= 11 is 0. The Kier molecular flexibility index (Phi) is 4.52. The Morgan fingerprint density at radius 1 is 1.59 bits per heavy atom. The molecule has 1 aliphatic heterocycles. The normalized spacial score (nSPS) is 17.4. The van der Waals surface area contributed by atoms with Crippen molar-refractivity contribution in [2.45, 2.75) is 33.5 Å². The maximum atomic E-state index is 10.9. The summed E-state index contributed by atoms with van der Waals surface area (Å²) in [6, 6.07) is 7.67. The van der Waals surface area contributed by atoms with Gasteiger partial charge in [-0.15, -0.1) is 0 Å². The van der Waals surface area contributed by atoms with Gasteiger partial charge in [-0.25, -0.2) is 0 Å². The second kappa shape index (κ2) is 6.35. The number of fused-ring (bicyclic) bond motifs is 1. The number of benzene rings is 1. The number of esters is 1. The van der Waals surface area contributed by atoms with Gasteiger partial charge in [0.15, 0.2) is 0 Å². The van der Waals surface area contributed by atoms with Crippen molar-refractivity contribution in [3.8, 4) is 11.8 Å². The van der Waals surface area contributed by atoms with Gasteiger partial charge in [-0.05, 0) is 31.5 Å². The third-order valence-corrected chi connectivity index (χ3v) is 3.40. The molecule has 0 fully saturated rings. The first kappa shape index (κ1) is 15.6. The maximum absolute atomic E-state index is 10.9. The number of nitriles is 1. The van der Waals surface area contributed by atoms with Crippen molar-refractivity contribution in [2.24, 2.45) is 0 Å². The first-order valence-corrected chi connectivity index (χ1v) is 6.96. The average molecular weight is 298 g/mol. The highest BCUT2D eigenvalue weighted by molar-refractivity contribution is 5.71. The Balaban J connectivity index is 2.41. The second-order valence-electron chi connectivity index (χ2n) is 4.95. The summed E-state index contributed by atoms with van der Waals surface area (Å²) in [5.41, 5.74) is 2.78. The van der Waals surface area contributed by atoms with E-state index in [0.717, 1.165) is 11.3 Å². The van der Waals surface area contributed by atoms with Gasteiger partial charge in [-0.3, -0.25) is 9.69 Å². The monoisotopic (exact) mass is 298 g/mol. The zero-order chi connectivity index (χ0) is 16.3. The number of hydrogen-bond acceptors (Lipinski definition) is 5. The van der Waals surface area contributed by atoms with Crippen LogP contribution in [0.5, 0.6) is 5.75 Å². The molecule has 0 saturated heterocycles. The number of hydrogen-bond donors (Lipinski definition) is 0. The molecule has 0 aliphatic carbocycles. The SMILES string of the molecule is C=C1C(C)Oc2cc(COC(C)=O)ccc2N1C(C#N)=CC. The van der Waals surface area contributed by atoms with Crippen molar-refractivity contribution in [1.82, 2.24) is 0 Å². The van der Waals surface area contributed by atoms with Gasteiger partial charge in [0.25, 0.3) is 0 Å². The number of carbonyl (C=O) groups is 1. The molecular weight excluding hydrogens is 280 g/mol. The molecule has 1 atom stereocenters. The fraction of sp³-hybridized carbons (Fsp3) is 0.294. The highest BCUT2D eigenvalue weighted by atomic mass is 16.5. The zero-order valence-electron chi connectivity index (χ0n) is 12.9. The summed E-state index contributed by atoms with van der Waals surface area (Å²) in [6.45, 7) is 9.26. The molecule has 5 heteroatoms. The highest BCUT2D eigenvalue weighted by Crippen LogP contribution is 2.40. The van der Waals surface area contributed by atoms with Crippen LogP contribution >= 0.6 is 0 Å². The number of anilines is 1. The first-order valence-electron chi connectivity index (χ1n) is 6.96. The fourth-order valence-electron chi connectivity index (χ4n) is 2.24. The van der Waals surface area contributed by atoms with Crippen molar-refractivity contribution in [2.75, 3.05) is 4.90 Å². The first-order chi connectivity index (χ1) is 10.5. The minimum absolute atomic E-state index is 0.191. The van der Waals surface area contributed by atoms with Crippen LogP contribution in [0.2, 0.25) is 0 Å². The van der Waals surface area contributed by atoms with Crippen LogP contribution in [-0.4, -0.2) is 12.1 Å². The molecule has 0 spiro atoms. The zero-order valence-corrected chi connectivity index (χ0v) is 12.9. The maximum Gasteiger partial charge on any atom is 0.302 e. The predicted molar refractivity (Wildman–Crippen MR) is 83.0 cm³/mol. The van der Waals surface area contributed by atoms with E-state index in [2.05, 4.69) is 12.6 Å². The van der Waals surface area contributed by atoms with Crippen LogP contribution in [-0.2, 0) is 16.1 Å². The number of carbonyl (C=O) groups excluding carboxylic acids is 1. The van der Waals surface area contributed by atoms with Gasteiger partial charge in [0.2, 0.25) is 0 Å². The molecule has 5 nitrogen and oxygen atoms in total. The van der Waals surface area contributed by atoms with Crippen LogP contribution in [0.4, 0.5) is 5.69 Å². The molecule has 0 amide bonds. The lowest BCUT2D eigenvalue weighted by Gasteiger charge is -2.36. The van der Waals surface area contributed by atoms with Gasteiger partial charge in [0, 0.05) is 6.92 Å². The van der Waals surface area contributed by atoms with E-state index in [4.69, 9.17) is 9.47 Å². The Hall–Kier alpha value is -2.74. The summed E-state index contributed by atoms with van der Waals surface area (Å²) in [5.74, 6) is 0.307. The Bertz CT molecular complexity index is 686. The van der Waals surface area contributed by atoms with Crippen molar-refractivity contribution >= 4 is 11.7 Å². The molecule has 22 heavy (non-hydrogen) atoms. The average Bonchev–Trinajstić information content (AvgIpc) is 2.49. The van der Waals surface area contributed by atoms with Crippen molar-refractivity contribution in [3.05, 3.63) is 47.8 Å². The summed E-state index contributed by atoms with van der Waals surface area (Å²) in [4.78, 5) is 12.7. The summed E-state index contributed by atoms with van der Waals surface area (Å²) < 4.78 is 10.8. The Labute approximate surface area is 130 Å². The molecule has 1 aliphatic rings. The van der Waals surface area contributed by atoms with E-state index in [-0.39, 0.29) is 18.7 Å². The predicted octanol–water partition coefficient (Wildman–Crippen LogP) is 3.28. The van der Waals surface area contributed by atoms with Gasteiger partial charge in [0.05, 0.1) is 11.4 Å². The van der Waals surface area contributed by atoms with Crippen LogP contribution in [0.1, 0.15) is 26.3 Å². The van der Waals surface area contributed by atoms with Crippen molar-refractivity contribution in [1.29, 1.82) is 5.26 Å². The van der Waals surface area contributed by atoms with Gasteiger partial charge in [0.1, 0.15) is 30.2 Å². The molecule has 0 saturated carbocycles. The lowest BCUT2D eigenvalue weighted by Crippen LogP contribution is -2.34. The third-order valence-electron chi connectivity index (χ3n) is 3.40. The molecule has 1 unspecified atom stereocenters. The molecule has 0 aromatic heterocycles. The van der Waals surface area contributed by atoms with Gasteiger partial charge < -0.3 is 9.47 Å². The second-order valence-corrected chi connectivity index (χ2v) is 4.95. The van der Waals surface area contributed by atoms with E-state index in [1.54, 1.807) is 17.9 Å². The van der Waals surface area contributed by atoms with E-state index < -0.39 is 0 Å². The molecule has 0 N–H and O–H groups in total. The highest BCUT2D eigenvalue weighted by Gasteiger charge is 2.29. The van der Waals surface area contributed by atoms with Crippen molar-refractivity contribution in [3.63, 3.8) is 0 Å². The van der Waals surface area contributed by atoms with Crippen LogP contribution in [0.3, 0.4) is 0 Å². The summed E-state index contributed by atoms with van der Waals surface area (Å²) in [6.07, 6.45) is 1.49. The molecule has 0 radical (unpaired) electrons. The Morgan fingerprint density at radius 3 is 2.91 bits per heavy atom. The third kappa shape index (κ3) is 2.96. The molecule has 1 aromatic rings. The lowest BCUT2D eigenvalue weighted by molar-refractivity contribution is -0.142. The molecule has 114 valence electrons. The lowest BCUT2D eigenvalue weighted by atomic mass is 10.1. The molecule has 0 bridgehead atoms. The van der Waals surface area contributed by atoms with Crippen LogP contribution < -0.4 is 9.64 Å². The minimum Gasteiger partial charge on any atom is -0.482 e. The molecule has 2 rings (SSSR count). The Morgan fingerprint density at radius 2 is 2.32 bits per heavy atom. The van der Waals surface area contributed by atoms with Crippen LogP contribution in [0, 0.1) is 11.3 Å². The smallest absolute Gasteiger partial charge is 0.302 e. The standard InChI is InChI=1S/C17H18N2O3/c1-5-15(9-18)19-11(2)12(3)22-17-8-14(6-7-16(17)19)10-21-13(4)20/h5-8,12H,2,10H2,1,3-4H3. The summed E-state index contributed by atoms with van der Waals surface area (Å²) in [7, 11) is 0. The minimum atomic E-state index is -0.331. The molecule has 1 heterocycles. The van der Waals surface area contributed by atoms with Crippen LogP contribution in [0.25, 0.3) is 0 Å². The molecular formula is C17H18N2O3. The van der Waals surface area contributed by atoms with E-state index in [9.17, 15) is 10.1 Å². The van der Waals surface area contributed by atoms with Gasteiger partial charge in [-0.2, -0.15) is 5.26 Å².